The second kappa shape index (κ2) is 4.45. The van der Waals surface area contributed by atoms with Crippen molar-refractivity contribution in [3.8, 4) is 0 Å². The quantitative estimate of drug-likeness (QED) is 0.660. The maximum atomic E-state index is 11.0. The van der Waals surface area contributed by atoms with Crippen LogP contribution in [0.15, 0.2) is 12.1 Å². The molecule has 0 amide bonds. The summed E-state index contributed by atoms with van der Waals surface area (Å²) >= 11 is 6.49. The van der Waals surface area contributed by atoms with Crippen molar-refractivity contribution in [3.05, 3.63) is 33.8 Å². The van der Waals surface area contributed by atoms with Crippen LogP contribution in [0.4, 0.5) is 0 Å². The van der Waals surface area contributed by atoms with Crippen LogP contribution in [0.2, 0.25) is 5.02 Å². The van der Waals surface area contributed by atoms with Crippen LogP contribution < -0.4 is 0 Å². The van der Waals surface area contributed by atoms with Crippen LogP contribution in [0.3, 0.4) is 0 Å². The van der Waals surface area contributed by atoms with E-state index in [0.717, 1.165) is 22.4 Å². The molecule has 0 heterocycles. The SMILES string of the molecule is CC(C)(C)c1cc(C=O)cc(C(C)(C)C)c1Cl. The van der Waals surface area contributed by atoms with E-state index < -0.39 is 0 Å². The lowest BCUT2D eigenvalue weighted by Gasteiger charge is -2.27. The first-order chi connectivity index (χ1) is 7.57. The molecule has 0 saturated heterocycles. The molecule has 0 saturated carbocycles. The summed E-state index contributed by atoms with van der Waals surface area (Å²) in [6.45, 7) is 12.6. The van der Waals surface area contributed by atoms with Gasteiger partial charge in [0.25, 0.3) is 0 Å². The maximum absolute atomic E-state index is 11.0. The predicted octanol–water partition coefficient (Wildman–Crippen LogP) is 4.75. The van der Waals surface area contributed by atoms with Gasteiger partial charge >= 0.3 is 0 Å². The Labute approximate surface area is 109 Å². The van der Waals surface area contributed by atoms with Crippen LogP contribution in [0.25, 0.3) is 0 Å². The molecule has 0 radical (unpaired) electrons. The highest BCUT2D eigenvalue weighted by atomic mass is 35.5. The lowest BCUT2D eigenvalue weighted by Crippen LogP contribution is -2.18. The Hall–Kier alpha value is -0.820. The Bertz CT molecular complexity index is 398. The monoisotopic (exact) mass is 252 g/mol. The number of rotatable bonds is 1. The van der Waals surface area contributed by atoms with Crippen LogP contribution in [0.1, 0.15) is 63.0 Å². The molecule has 1 nitrogen and oxygen atoms in total. The van der Waals surface area contributed by atoms with Crippen LogP contribution in [0.5, 0.6) is 0 Å². The largest absolute Gasteiger partial charge is 0.298 e. The van der Waals surface area contributed by atoms with E-state index in [-0.39, 0.29) is 10.8 Å². The van der Waals surface area contributed by atoms with Gasteiger partial charge in [0.2, 0.25) is 0 Å². The number of hydrogen-bond acceptors (Lipinski definition) is 1. The fourth-order valence-corrected chi connectivity index (χ4v) is 2.48. The maximum Gasteiger partial charge on any atom is 0.150 e. The fraction of sp³-hybridized carbons (Fsp3) is 0.533. The molecular weight excluding hydrogens is 232 g/mol. The van der Waals surface area contributed by atoms with Gasteiger partial charge < -0.3 is 0 Å². The molecule has 0 atom stereocenters. The Morgan fingerprint density at radius 1 is 0.941 bits per heavy atom. The fourth-order valence-electron chi connectivity index (χ4n) is 1.81. The summed E-state index contributed by atoms with van der Waals surface area (Å²) in [6.07, 6.45) is 0.890. The predicted molar refractivity (Wildman–Crippen MR) is 74.2 cm³/mol. The van der Waals surface area contributed by atoms with Crippen molar-refractivity contribution in [1.29, 1.82) is 0 Å². The van der Waals surface area contributed by atoms with Crippen molar-refractivity contribution in [2.24, 2.45) is 0 Å². The molecule has 1 aromatic rings. The average Bonchev–Trinajstić information content (AvgIpc) is 2.14. The first kappa shape index (κ1) is 14.2. The van der Waals surface area contributed by atoms with Crippen molar-refractivity contribution in [2.45, 2.75) is 52.4 Å². The van der Waals surface area contributed by atoms with Crippen molar-refractivity contribution in [3.63, 3.8) is 0 Å². The van der Waals surface area contributed by atoms with Gasteiger partial charge in [-0.25, -0.2) is 0 Å². The van der Waals surface area contributed by atoms with E-state index in [2.05, 4.69) is 41.5 Å². The minimum atomic E-state index is -0.0594. The summed E-state index contributed by atoms with van der Waals surface area (Å²) in [6, 6.07) is 3.79. The molecule has 2 heteroatoms. The highest BCUT2D eigenvalue weighted by molar-refractivity contribution is 6.32. The highest BCUT2D eigenvalue weighted by Gasteiger charge is 2.25. The first-order valence-corrected chi connectivity index (χ1v) is 6.25. The summed E-state index contributed by atoms with van der Waals surface area (Å²) in [5, 5.41) is 0.788. The molecule has 0 fully saturated rings. The van der Waals surface area contributed by atoms with Crippen LogP contribution in [-0.4, -0.2) is 6.29 Å². The van der Waals surface area contributed by atoms with E-state index in [1.54, 1.807) is 0 Å². The first-order valence-electron chi connectivity index (χ1n) is 5.87. The molecule has 94 valence electrons. The van der Waals surface area contributed by atoms with E-state index in [0.29, 0.717) is 5.56 Å². The third-order valence-corrected chi connectivity index (χ3v) is 3.25. The molecule has 0 unspecified atom stereocenters. The van der Waals surface area contributed by atoms with Crippen molar-refractivity contribution in [1.82, 2.24) is 0 Å². The minimum absolute atomic E-state index is 0.0594. The highest BCUT2D eigenvalue weighted by Crippen LogP contribution is 2.38. The van der Waals surface area contributed by atoms with Crippen LogP contribution in [-0.2, 0) is 10.8 Å². The summed E-state index contributed by atoms with van der Waals surface area (Å²) < 4.78 is 0. The smallest absolute Gasteiger partial charge is 0.150 e. The zero-order valence-electron chi connectivity index (χ0n) is 11.5. The number of aldehydes is 1. The van der Waals surface area contributed by atoms with Gasteiger partial charge in [-0.1, -0.05) is 53.1 Å². The molecule has 0 aliphatic heterocycles. The number of halogens is 1. The Morgan fingerprint density at radius 2 is 1.29 bits per heavy atom. The standard InChI is InChI=1S/C15H21ClO/c1-14(2,3)11-7-10(9-17)8-12(13(11)16)15(4,5)6/h7-9H,1-6H3. The number of hydrogen-bond donors (Lipinski definition) is 0. The molecule has 0 spiro atoms. The zero-order chi connectivity index (χ0) is 13.4. The topological polar surface area (TPSA) is 17.1 Å². The molecule has 17 heavy (non-hydrogen) atoms. The molecule has 0 aliphatic carbocycles. The average molecular weight is 253 g/mol. The zero-order valence-corrected chi connectivity index (χ0v) is 12.3. The van der Waals surface area contributed by atoms with Gasteiger partial charge in [0, 0.05) is 10.6 Å². The van der Waals surface area contributed by atoms with Gasteiger partial charge in [0.05, 0.1) is 0 Å². The van der Waals surface area contributed by atoms with Gasteiger partial charge in [0.1, 0.15) is 6.29 Å². The molecule has 0 N–H and O–H groups in total. The molecule has 0 aliphatic rings. The number of benzene rings is 1. The van der Waals surface area contributed by atoms with E-state index in [4.69, 9.17) is 11.6 Å². The summed E-state index contributed by atoms with van der Waals surface area (Å²) in [5.41, 5.74) is 2.65. The van der Waals surface area contributed by atoms with E-state index in [9.17, 15) is 4.79 Å². The Kier molecular flexibility index (Phi) is 3.73. The minimum Gasteiger partial charge on any atom is -0.298 e. The number of carbonyl (C=O) groups is 1. The van der Waals surface area contributed by atoms with Gasteiger partial charge in [0.15, 0.2) is 0 Å². The Morgan fingerprint density at radius 3 is 1.53 bits per heavy atom. The van der Waals surface area contributed by atoms with Gasteiger partial charge in [-0.2, -0.15) is 0 Å². The van der Waals surface area contributed by atoms with Gasteiger partial charge in [-0.15, -0.1) is 0 Å². The molecule has 1 rings (SSSR count). The van der Waals surface area contributed by atoms with E-state index >= 15 is 0 Å². The van der Waals surface area contributed by atoms with Crippen molar-refractivity contribution < 1.29 is 4.79 Å². The second-order valence-corrected chi connectivity index (χ2v) is 6.93. The third-order valence-electron chi connectivity index (χ3n) is 2.85. The van der Waals surface area contributed by atoms with Crippen LogP contribution >= 0.6 is 11.6 Å². The molecular formula is C15H21ClO. The summed E-state index contributed by atoms with van der Waals surface area (Å²) in [4.78, 5) is 11.0. The lowest BCUT2D eigenvalue weighted by molar-refractivity contribution is 0.112. The van der Waals surface area contributed by atoms with Gasteiger partial charge in [-0.3, -0.25) is 4.79 Å². The van der Waals surface area contributed by atoms with E-state index in [1.807, 2.05) is 12.1 Å². The molecule has 0 aromatic heterocycles. The van der Waals surface area contributed by atoms with E-state index in [1.165, 1.54) is 0 Å². The summed E-state index contributed by atoms with van der Waals surface area (Å²) in [5.74, 6) is 0. The number of carbonyl (C=O) groups excluding carboxylic acids is 1. The van der Waals surface area contributed by atoms with Gasteiger partial charge in [-0.05, 0) is 34.1 Å². The van der Waals surface area contributed by atoms with Crippen LogP contribution in [0, 0.1) is 0 Å². The van der Waals surface area contributed by atoms with Crippen molar-refractivity contribution in [2.75, 3.05) is 0 Å². The van der Waals surface area contributed by atoms with Crippen molar-refractivity contribution >= 4 is 17.9 Å². The third kappa shape index (κ3) is 3.10. The Balaban J connectivity index is 3.59. The second-order valence-electron chi connectivity index (χ2n) is 6.55. The molecule has 1 aromatic carbocycles. The lowest BCUT2D eigenvalue weighted by atomic mass is 9.79. The normalized spacial score (nSPS) is 12.6. The molecule has 0 bridgehead atoms. The summed E-state index contributed by atoms with van der Waals surface area (Å²) in [7, 11) is 0.